The number of aromatic hydroxyl groups is 1. The van der Waals surface area contributed by atoms with Crippen molar-refractivity contribution in [1.29, 1.82) is 0 Å². The van der Waals surface area contributed by atoms with Crippen molar-refractivity contribution < 1.29 is 23.5 Å². The van der Waals surface area contributed by atoms with Crippen molar-refractivity contribution >= 4 is 17.6 Å². The number of carbonyl (C=O) groups excluding carboxylic acids is 2. The molecule has 0 radical (unpaired) electrons. The Balaban J connectivity index is 2.63. The Morgan fingerprint density at radius 3 is 2.53 bits per heavy atom. The highest BCUT2D eigenvalue weighted by molar-refractivity contribution is 6.07. The molecule has 0 atom stereocenters. The fraction of sp³-hybridized carbons (Fsp3) is 0.167. The van der Waals surface area contributed by atoms with Gasteiger partial charge in [-0.3, -0.25) is 9.59 Å². The molecule has 0 fully saturated rings. The molecule has 0 bridgehead atoms. The van der Waals surface area contributed by atoms with Gasteiger partial charge in [-0.2, -0.15) is 0 Å². The van der Waals surface area contributed by atoms with Gasteiger partial charge in [0.2, 0.25) is 5.78 Å². The van der Waals surface area contributed by atoms with Gasteiger partial charge in [-0.25, -0.2) is 8.78 Å². The topological polar surface area (TPSA) is 54.4 Å². The van der Waals surface area contributed by atoms with Crippen molar-refractivity contribution in [2.75, 3.05) is 0 Å². The van der Waals surface area contributed by atoms with Gasteiger partial charge < -0.3 is 5.11 Å². The fourth-order valence-corrected chi connectivity index (χ4v) is 1.12. The Hall–Kier alpha value is -2.04. The number of ketones is 2. The minimum atomic E-state index is -3.13. The molecule has 0 aromatic heterocycles. The second-order valence-electron chi connectivity index (χ2n) is 3.30. The maximum absolute atomic E-state index is 11.9. The Morgan fingerprint density at radius 1 is 1.29 bits per heavy atom. The molecule has 0 aliphatic carbocycles. The molecule has 3 nitrogen and oxygen atoms in total. The normalized spacial score (nSPS) is 11.0. The summed E-state index contributed by atoms with van der Waals surface area (Å²) in [7, 11) is 0. The molecule has 0 aliphatic rings. The summed E-state index contributed by atoms with van der Waals surface area (Å²) in [6.07, 6.45) is -1.69. The number of hydrogen-bond donors (Lipinski definition) is 1. The number of halogens is 2. The van der Waals surface area contributed by atoms with Gasteiger partial charge in [-0.05, 0) is 18.2 Å². The summed E-state index contributed by atoms with van der Waals surface area (Å²) >= 11 is 0. The van der Waals surface area contributed by atoms with Crippen LogP contribution in [0.4, 0.5) is 8.78 Å². The highest BCUT2D eigenvalue weighted by Crippen LogP contribution is 2.17. The summed E-state index contributed by atoms with van der Waals surface area (Å²) in [5.74, 6) is -2.16. The van der Waals surface area contributed by atoms with Gasteiger partial charge >= 0.3 is 0 Å². The van der Waals surface area contributed by atoms with Gasteiger partial charge in [0.1, 0.15) is 5.75 Å². The van der Waals surface area contributed by atoms with Gasteiger partial charge in [-0.15, -0.1) is 0 Å². The monoisotopic (exact) mass is 240 g/mol. The third-order valence-corrected chi connectivity index (χ3v) is 1.98. The van der Waals surface area contributed by atoms with Crippen LogP contribution in [0.25, 0.3) is 6.08 Å². The first kappa shape index (κ1) is 13.0. The fourth-order valence-electron chi connectivity index (χ4n) is 1.12. The highest BCUT2D eigenvalue weighted by Gasteiger charge is 2.17. The number of carbonyl (C=O) groups is 2. The predicted molar refractivity (Wildman–Crippen MR) is 57.8 cm³/mol. The highest BCUT2D eigenvalue weighted by atomic mass is 19.3. The van der Waals surface area contributed by atoms with E-state index in [0.717, 1.165) is 6.08 Å². The summed E-state index contributed by atoms with van der Waals surface area (Å²) in [5, 5.41) is 9.34. The molecular weight excluding hydrogens is 230 g/mol. The van der Waals surface area contributed by atoms with Gasteiger partial charge in [0.15, 0.2) is 5.78 Å². The van der Waals surface area contributed by atoms with Crippen LogP contribution < -0.4 is 0 Å². The summed E-state index contributed by atoms with van der Waals surface area (Å²) in [6.45, 7) is 0. The first-order valence-electron chi connectivity index (χ1n) is 4.80. The largest absolute Gasteiger partial charge is 0.507 e. The predicted octanol–water partition coefficient (Wildman–Crippen LogP) is 2.20. The van der Waals surface area contributed by atoms with E-state index in [4.69, 9.17) is 0 Å². The third kappa shape index (κ3) is 4.14. The standard InChI is InChI=1S/C12H10F2O3/c13-12(14)11(17)7-9(15)6-5-8-3-1-2-4-10(8)16/h1-6,12,16H,7H2/b6-5+. The number of hydrogen-bond acceptors (Lipinski definition) is 3. The Morgan fingerprint density at radius 2 is 1.94 bits per heavy atom. The molecule has 0 amide bonds. The average Bonchev–Trinajstić information content (AvgIpc) is 2.27. The first-order chi connectivity index (χ1) is 8.00. The van der Waals surface area contributed by atoms with E-state index >= 15 is 0 Å². The summed E-state index contributed by atoms with van der Waals surface area (Å²) < 4.78 is 23.7. The number of allylic oxidation sites excluding steroid dienone is 1. The molecule has 1 N–H and O–H groups in total. The van der Waals surface area contributed by atoms with E-state index in [1.165, 1.54) is 12.1 Å². The molecule has 0 aliphatic heterocycles. The number of phenols is 1. The van der Waals surface area contributed by atoms with Crippen LogP contribution in [0.2, 0.25) is 0 Å². The Kier molecular flexibility index (Phi) is 4.51. The zero-order chi connectivity index (χ0) is 12.8. The molecular formula is C12H10F2O3. The van der Waals surface area contributed by atoms with Crippen LogP contribution >= 0.6 is 0 Å². The maximum Gasteiger partial charge on any atom is 0.296 e. The lowest BCUT2D eigenvalue weighted by Gasteiger charge is -1.97. The van der Waals surface area contributed by atoms with E-state index in [0.29, 0.717) is 5.56 Å². The van der Waals surface area contributed by atoms with Crippen LogP contribution in [0, 0.1) is 0 Å². The SMILES string of the molecule is O=C(/C=C/c1ccccc1O)CC(=O)C(F)F. The Bertz CT molecular complexity index is 453. The summed E-state index contributed by atoms with van der Waals surface area (Å²) in [6, 6.07) is 6.23. The first-order valence-corrected chi connectivity index (χ1v) is 4.80. The van der Waals surface area contributed by atoms with Gasteiger partial charge in [-0.1, -0.05) is 18.2 Å². The van der Waals surface area contributed by atoms with Crippen LogP contribution in [0.5, 0.6) is 5.75 Å². The second kappa shape index (κ2) is 5.89. The second-order valence-corrected chi connectivity index (χ2v) is 3.30. The van der Waals surface area contributed by atoms with Crippen molar-refractivity contribution in [2.24, 2.45) is 0 Å². The van der Waals surface area contributed by atoms with Gasteiger partial charge in [0.05, 0.1) is 6.42 Å². The molecule has 1 rings (SSSR count). The molecule has 5 heteroatoms. The van der Waals surface area contributed by atoms with Gasteiger partial charge in [0.25, 0.3) is 6.43 Å². The molecule has 17 heavy (non-hydrogen) atoms. The number of para-hydroxylation sites is 1. The van der Waals surface area contributed by atoms with E-state index in [9.17, 15) is 23.5 Å². The van der Waals surface area contributed by atoms with E-state index < -0.39 is 24.4 Å². The third-order valence-electron chi connectivity index (χ3n) is 1.98. The minimum Gasteiger partial charge on any atom is -0.507 e. The smallest absolute Gasteiger partial charge is 0.296 e. The summed E-state index contributed by atoms with van der Waals surface area (Å²) in [5.41, 5.74) is 0.380. The lowest BCUT2D eigenvalue weighted by molar-refractivity contribution is -0.132. The lowest BCUT2D eigenvalue weighted by atomic mass is 10.1. The van der Waals surface area contributed by atoms with Crippen LogP contribution in [0.1, 0.15) is 12.0 Å². The molecule has 1 aromatic carbocycles. The number of alkyl halides is 2. The van der Waals surface area contributed by atoms with Crippen LogP contribution in [0.3, 0.4) is 0 Å². The molecule has 0 spiro atoms. The van der Waals surface area contributed by atoms with Crippen molar-refractivity contribution in [3.8, 4) is 5.75 Å². The number of rotatable bonds is 5. The molecule has 90 valence electrons. The van der Waals surface area contributed by atoms with E-state index in [1.54, 1.807) is 18.2 Å². The quantitative estimate of drug-likeness (QED) is 0.634. The molecule has 0 heterocycles. The van der Waals surface area contributed by atoms with Crippen LogP contribution in [0.15, 0.2) is 30.3 Å². The van der Waals surface area contributed by atoms with Crippen molar-refractivity contribution in [1.82, 2.24) is 0 Å². The molecule has 1 aromatic rings. The van der Waals surface area contributed by atoms with Crippen LogP contribution in [-0.4, -0.2) is 23.1 Å². The van der Waals surface area contributed by atoms with E-state index in [1.807, 2.05) is 0 Å². The number of benzene rings is 1. The minimum absolute atomic E-state index is 0.0308. The van der Waals surface area contributed by atoms with Gasteiger partial charge in [0, 0.05) is 5.56 Å². The van der Waals surface area contributed by atoms with Crippen molar-refractivity contribution in [3.63, 3.8) is 0 Å². The van der Waals surface area contributed by atoms with Crippen molar-refractivity contribution in [3.05, 3.63) is 35.9 Å². The zero-order valence-electron chi connectivity index (χ0n) is 8.77. The zero-order valence-corrected chi connectivity index (χ0v) is 8.77. The maximum atomic E-state index is 11.9. The molecule has 0 unspecified atom stereocenters. The average molecular weight is 240 g/mol. The van der Waals surface area contributed by atoms with E-state index in [-0.39, 0.29) is 5.75 Å². The molecule has 0 saturated heterocycles. The van der Waals surface area contributed by atoms with Crippen molar-refractivity contribution in [2.45, 2.75) is 12.8 Å². The lowest BCUT2D eigenvalue weighted by Crippen LogP contribution is -2.13. The number of Topliss-reactive ketones (excluding diaryl/α,β-unsaturated/α-hetero) is 1. The Labute approximate surface area is 96.4 Å². The number of phenolic OH excluding ortho intramolecular Hbond substituents is 1. The van der Waals surface area contributed by atoms with E-state index in [2.05, 4.69) is 0 Å². The van der Waals surface area contributed by atoms with Crippen LogP contribution in [-0.2, 0) is 9.59 Å². The summed E-state index contributed by atoms with van der Waals surface area (Å²) in [4.78, 5) is 21.7. The molecule has 0 saturated carbocycles.